The third-order valence-electron chi connectivity index (χ3n) is 5.53. The van der Waals surface area contributed by atoms with Crippen molar-refractivity contribution in [3.8, 4) is 23.0 Å². The molecule has 0 bridgehead atoms. The Morgan fingerprint density at radius 1 is 1.03 bits per heavy atom. The van der Waals surface area contributed by atoms with E-state index < -0.39 is 9.84 Å². The van der Waals surface area contributed by atoms with Crippen molar-refractivity contribution in [2.75, 3.05) is 6.26 Å². The number of fused-ring (bicyclic) bond motifs is 1. The van der Waals surface area contributed by atoms with E-state index in [2.05, 4.69) is 15.0 Å². The highest BCUT2D eigenvalue weighted by Crippen LogP contribution is 2.33. The van der Waals surface area contributed by atoms with E-state index in [0.717, 1.165) is 6.26 Å². The number of nitrogens with zero attached hydrogens (tertiary/aromatic N) is 3. The lowest BCUT2D eigenvalue weighted by atomic mass is 10.1. The molecule has 1 aliphatic heterocycles. The zero-order chi connectivity index (χ0) is 23.9. The summed E-state index contributed by atoms with van der Waals surface area (Å²) in [6, 6.07) is 15.1. The zero-order valence-corrected chi connectivity index (χ0v) is 19.0. The summed E-state index contributed by atoms with van der Waals surface area (Å²) in [6.07, 6.45) is 3.19. The molecule has 34 heavy (non-hydrogen) atoms. The summed E-state index contributed by atoms with van der Waals surface area (Å²) in [7, 11) is -3.34. The smallest absolute Gasteiger partial charge is 0.230 e. The number of hydrogen-bond acceptors (Lipinski definition) is 7. The second kappa shape index (κ2) is 8.38. The fraction of sp³-hybridized carbons (Fsp3) is 0.167. The number of hydrogen-bond donors (Lipinski definition) is 1. The van der Waals surface area contributed by atoms with Crippen molar-refractivity contribution in [2.24, 2.45) is 0 Å². The van der Waals surface area contributed by atoms with Gasteiger partial charge in [0.25, 0.3) is 0 Å². The summed E-state index contributed by atoms with van der Waals surface area (Å²) in [6.45, 7) is 0.0578. The molecule has 0 unspecified atom stereocenters. The van der Waals surface area contributed by atoms with Crippen LogP contribution < -0.4 is 4.74 Å². The third kappa shape index (κ3) is 4.27. The van der Waals surface area contributed by atoms with Gasteiger partial charge in [0.05, 0.1) is 22.5 Å². The lowest BCUT2D eigenvalue weighted by Crippen LogP contribution is -2.28. The fourth-order valence-corrected chi connectivity index (χ4v) is 4.41. The van der Waals surface area contributed by atoms with Crippen molar-refractivity contribution in [2.45, 2.75) is 24.3 Å². The number of carbonyl (C=O) groups excluding carboxylic acids is 2. The van der Waals surface area contributed by atoms with E-state index in [1.54, 1.807) is 30.5 Å². The van der Waals surface area contributed by atoms with Crippen LogP contribution in [-0.2, 0) is 26.0 Å². The summed E-state index contributed by atoms with van der Waals surface area (Å²) < 4.78 is 29.6. The molecule has 5 rings (SSSR count). The number of carbonyl (C=O) groups is 2. The molecule has 4 aromatic rings. The molecule has 0 radical (unpaired) electrons. The second-order valence-electron chi connectivity index (χ2n) is 8.00. The Labute approximate surface area is 195 Å². The summed E-state index contributed by atoms with van der Waals surface area (Å²) in [5.74, 6) is 0.933. The van der Waals surface area contributed by atoms with Gasteiger partial charge in [0.2, 0.25) is 11.8 Å². The van der Waals surface area contributed by atoms with Gasteiger partial charge in [-0.15, -0.1) is 0 Å². The van der Waals surface area contributed by atoms with E-state index in [1.165, 1.54) is 17.0 Å². The standard InChI is InChI=1S/C24H20N4O5S/c1-34(31,32)17-7-5-16(6-8-17)33-21-13-20-19(26-24(27-20)18-4-2-3-11-25-18)12-15(21)14-28-22(29)9-10-23(28)30/h2-8,11-13H,9-10,14H2,1H3,(H,26,27). The molecule has 0 atom stereocenters. The highest BCUT2D eigenvalue weighted by atomic mass is 32.2. The molecule has 0 saturated carbocycles. The van der Waals surface area contributed by atoms with Gasteiger partial charge in [-0.05, 0) is 42.5 Å². The largest absolute Gasteiger partial charge is 0.457 e. The molecule has 0 spiro atoms. The molecule has 1 N–H and O–H groups in total. The van der Waals surface area contributed by atoms with Gasteiger partial charge in [-0.2, -0.15) is 0 Å². The monoisotopic (exact) mass is 476 g/mol. The number of benzene rings is 2. The van der Waals surface area contributed by atoms with Gasteiger partial charge in [0.15, 0.2) is 15.7 Å². The molecule has 172 valence electrons. The number of H-pyrrole nitrogens is 1. The van der Waals surface area contributed by atoms with Gasteiger partial charge in [-0.25, -0.2) is 13.4 Å². The molecule has 3 heterocycles. The average Bonchev–Trinajstić information content (AvgIpc) is 3.37. The van der Waals surface area contributed by atoms with Crippen molar-refractivity contribution >= 4 is 32.7 Å². The maximum Gasteiger partial charge on any atom is 0.230 e. The van der Waals surface area contributed by atoms with Crippen LogP contribution >= 0.6 is 0 Å². The van der Waals surface area contributed by atoms with Crippen LogP contribution in [-0.4, -0.2) is 46.3 Å². The van der Waals surface area contributed by atoms with Gasteiger partial charge in [-0.3, -0.25) is 19.5 Å². The summed E-state index contributed by atoms with van der Waals surface area (Å²) in [5.41, 5.74) is 2.60. The van der Waals surface area contributed by atoms with Crippen LogP contribution in [0.25, 0.3) is 22.6 Å². The number of likely N-dealkylation sites (tertiary alicyclic amines) is 1. The summed E-state index contributed by atoms with van der Waals surface area (Å²) in [4.78, 5) is 38.0. The topological polar surface area (TPSA) is 122 Å². The Morgan fingerprint density at radius 3 is 2.41 bits per heavy atom. The number of nitrogens with one attached hydrogen (secondary N) is 1. The maximum atomic E-state index is 12.2. The molecular weight excluding hydrogens is 456 g/mol. The molecular formula is C24H20N4O5S. The van der Waals surface area contributed by atoms with E-state index in [4.69, 9.17) is 4.74 Å². The van der Waals surface area contributed by atoms with E-state index in [9.17, 15) is 18.0 Å². The van der Waals surface area contributed by atoms with Crippen molar-refractivity contribution in [3.05, 3.63) is 66.4 Å². The SMILES string of the molecule is CS(=O)(=O)c1ccc(Oc2cc3nc(-c4ccccn4)[nH]c3cc2CN2C(=O)CCC2=O)cc1. The fourth-order valence-electron chi connectivity index (χ4n) is 3.78. The lowest BCUT2D eigenvalue weighted by Gasteiger charge is -2.17. The van der Waals surface area contributed by atoms with Crippen LogP contribution in [0.15, 0.2) is 65.7 Å². The number of aromatic nitrogens is 3. The Hall–Kier alpha value is -4.05. The molecule has 0 aliphatic carbocycles. The van der Waals surface area contributed by atoms with Crippen LogP contribution in [0.2, 0.25) is 0 Å². The Balaban J connectivity index is 1.55. The first kappa shape index (κ1) is 21.8. The normalized spacial score (nSPS) is 14.2. The Kier molecular flexibility index (Phi) is 5.37. The Morgan fingerprint density at radius 2 is 1.76 bits per heavy atom. The number of imide groups is 1. The van der Waals surface area contributed by atoms with Crippen LogP contribution in [0, 0.1) is 0 Å². The summed E-state index contributed by atoms with van der Waals surface area (Å²) in [5, 5.41) is 0. The van der Waals surface area contributed by atoms with E-state index in [-0.39, 0.29) is 36.1 Å². The van der Waals surface area contributed by atoms with Crippen LogP contribution in [0.5, 0.6) is 11.5 Å². The van der Waals surface area contributed by atoms with Crippen molar-refractivity contribution in [3.63, 3.8) is 0 Å². The van der Waals surface area contributed by atoms with Crippen LogP contribution in [0.4, 0.5) is 0 Å². The van der Waals surface area contributed by atoms with Crippen molar-refractivity contribution < 1.29 is 22.7 Å². The summed E-state index contributed by atoms with van der Waals surface area (Å²) >= 11 is 0. The molecule has 2 amide bonds. The molecule has 10 heteroatoms. The molecule has 2 aromatic heterocycles. The average molecular weight is 477 g/mol. The molecule has 2 aromatic carbocycles. The number of rotatable bonds is 6. The number of ether oxygens (including phenoxy) is 1. The number of aromatic amines is 1. The minimum atomic E-state index is -3.34. The van der Waals surface area contributed by atoms with Gasteiger partial charge in [0, 0.05) is 36.9 Å². The highest BCUT2D eigenvalue weighted by molar-refractivity contribution is 7.90. The first-order valence-corrected chi connectivity index (χ1v) is 12.4. The first-order valence-electron chi connectivity index (χ1n) is 10.5. The van der Waals surface area contributed by atoms with E-state index in [1.807, 2.05) is 18.2 Å². The molecule has 1 fully saturated rings. The first-order chi connectivity index (χ1) is 16.3. The number of imidazole rings is 1. The zero-order valence-electron chi connectivity index (χ0n) is 18.2. The molecule has 1 aliphatic rings. The number of sulfone groups is 1. The number of amides is 2. The lowest BCUT2D eigenvalue weighted by molar-refractivity contribution is -0.139. The predicted octanol–water partition coefficient (Wildman–Crippen LogP) is 3.47. The van der Waals surface area contributed by atoms with Crippen molar-refractivity contribution in [1.29, 1.82) is 0 Å². The van der Waals surface area contributed by atoms with Gasteiger partial charge < -0.3 is 9.72 Å². The van der Waals surface area contributed by atoms with E-state index >= 15 is 0 Å². The third-order valence-corrected chi connectivity index (χ3v) is 6.66. The predicted molar refractivity (Wildman–Crippen MR) is 124 cm³/mol. The maximum absolute atomic E-state index is 12.2. The van der Waals surface area contributed by atoms with E-state index in [0.29, 0.717) is 39.6 Å². The quantitative estimate of drug-likeness (QED) is 0.423. The van der Waals surface area contributed by atoms with Gasteiger partial charge in [0.1, 0.15) is 17.2 Å². The van der Waals surface area contributed by atoms with Gasteiger partial charge in [-0.1, -0.05) is 6.07 Å². The van der Waals surface area contributed by atoms with Crippen molar-refractivity contribution in [1.82, 2.24) is 19.9 Å². The molecule has 1 saturated heterocycles. The van der Waals surface area contributed by atoms with Crippen LogP contribution in [0.1, 0.15) is 18.4 Å². The highest BCUT2D eigenvalue weighted by Gasteiger charge is 2.30. The minimum Gasteiger partial charge on any atom is -0.457 e. The van der Waals surface area contributed by atoms with Crippen LogP contribution in [0.3, 0.4) is 0 Å². The minimum absolute atomic E-state index is 0.0578. The van der Waals surface area contributed by atoms with Gasteiger partial charge >= 0.3 is 0 Å². The second-order valence-corrected chi connectivity index (χ2v) is 10.0. The molecule has 9 nitrogen and oxygen atoms in total. The number of pyridine rings is 1. The Bertz CT molecular complexity index is 1500.